The zero-order chi connectivity index (χ0) is 59.7. The second kappa shape index (κ2) is 46.4. The second-order valence-corrected chi connectivity index (χ2v) is 23.6. The van der Waals surface area contributed by atoms with E-state index in [1.807, 2.05) is 0 Å². The van der Waals surface area contributed by atoms with Crippen molar-refractivity contribution in [3.8, 4) is 0 Å². The van der Waals surface area contributed by atoms with Crippen LogP contribution in [-0.2, 0) is 33.2 Å². The number of aliphatic hydroxyl groups is 11. The zero-order valence-electron chi connectivity index (χ0n) is 50.5. The van der Waals surface area contributed by atoms with Crippen LogP contribution >= 0.6 is 0 Å². The summed E-state index contributed by atoms with van der Waals surface area (Å²) in [5.41, 5.74) is 0. The molecule has 19 nitrogen and oxygen atoms in total. The van der Waals surface area contributed by atoms with E-state index >= 15 is 0 Å². The first-order valence-corrected chi connectivity index (χ1v) is 32.6. The molecule has 0 aromatic carbocycles. The molecule has 0 aliphatic carbocycles. The van der Waals surface area contributed by atoms with Crippen molar-refractivity contribution >= 4 is 5.91 Å². The maximum Gasteiger partial charge on any atom is 0.220 e. The normalized spacial score (nSPS) is 29.7. The molecular formula is C63H117NO18. The molecule has 0 aromatic heterocycles. The fourth-order valence-electron chi connectivity index (χ4n) is 11.2. The van der Waals surface area contributed by atoms with E-state index in [2.05, 4.69) is 43.5 Å². The number of carbonyl (C=O) groups excluding carboxylic acids is 1. The number of amides is 1. The minimum atomic E-state index is -1.97. The fraction of sp³-hybridized carbons (Fsp3) is 0.921. The summed E-state index contributed by atoms with van der Waals surface area (Å²) in [5, 5.41) is 120. The van der Waals surface area contributed by atoms with Gasteiger partial charge in [-0.3, -0.25) is 4.79 Å². The van der Waals surface area contributed by atoms with Gasteiger partial charge < -0.3 is 89.9 Å². The Hall–Kier alpha value is -1.73. The van der Waals surface area contributed by atoms with Gasteiger partial charge in [0, 0.05) is 6.42 Å². The van der Waals surface area contributed by atoms with Gasteiger partial charge in [0.2, 0.25) is 5.91 Å². The average molecular weight is 1180 g/mol. The summed E-state index contributed by atoms with van der Waals surface area (Å²) in [6, 6.07) is -0.880. The molecule has 0 spiro atoms. The standard InChI is InChI=1S/C63H117NO18/c1-3-5-7-9-10-11-12-13-14-15-16-17-18-19-20-21-22-23-24-25-26-27-28-29-30-31-32-33-34-35-36-37-39-41-51(69)64-46(47(68)40-38-8-6-4-2)45-77-61-57(75)54(72)59(49(43-66)79-61)82-63-58(76)55(73)60(50(44-67)80-63)81-62-56(74)53(71)52(70)48(42-65)78-62/h12-13,15-16,46-50,52-63,65-68,70-76H,3-11,14,17-45H2,1-2H3,(H,64,69)/b13-12-,16-15-. The molecule has 482 valence electrons. The average Bonchev–Trinajstić information content (AvgIpc) is 3.49. The molecule has 1 amide bonds. The first-order chi connectivity index (χ1) is 39.8. The Labute approximate surface area is 492 Å². The first kappa shape index (κ1) is 74.5. The summed E-state index contributed by atoms with van der Waals surface area (Å²) in [6.45, 7) is 1.65. The van der Waals surface area contributed by atoms with Gasteiger partial charge in [-0.05, 0) is 44.9 Å². The van der Waals surface area contributed by atoms with Crippen molar-refractivity contribution in [3.05, 3.63) is 24.3 Å². The van der Waals surface area contributed by atoms with E-state index < -0.39 is 124 Å². The SMILES string of the molecule is CCCCCCC/C=C\C/C=C\CCCCCCCCCCCCCCCCCCCCCCCC(=O)NC(COC1OC(CO)C(OC2OC(CO)C(OC3OC(CO)C(O)C(O)C3O)C(O)C2O)C(O)C1O)C(O)CCCCCC. The number of carbonyl (C=O) groups is 1. The molecule has 0 saturated carbocycles. The molecule has 0 bridgehead atoms. The number of aliphatic hydroxyl groups excluding tert-OH is 11. The van der Waals surface area contributed by atoms with Gasteiger partial charge >= 0.3 is 0 Å². The summed E-state index contributed by atoms with van der Waals surface area (Å²) >= 11 is 0. The largest absolute Gasteiger partial charge is 0.394 e. The Kier molecular flexibility index (Phi) is 42.2. The summed E-state index contributed by atoms with van der Waals surface area (Å²) < 4.78 is 34.1. The van der Waals surface area contributed by atoms with E-state index in [9.17, 15) is 61.0 Å². The van der Waals surface area contributed by atoms with E-state index in [-0.39, 0.29) is 18.9 Å². The van der Waals surface area contributed by atoms with Crippen LogP contribution < -0.4 is 5.32 Å². The lowest BCUT2D eigenvalue weighted by Gasteiger charge is -2.48. The molecule has 0 radical (unpaired) electrons. The van der Waals surface area contributed by atoms with Crippen LogP contribution in [0.4, 0.5) is 0 Å². The molecule has 3 saturated heterocycles. The Balaban J connectivity index is 1.26. The van der Waals surface area contributed by atoms with E-state index in [0.717, 1.165) is 44.9 Å². The zero-order valence-corrected chi connectivity index (χ0v) is 50.5. The summed E-state index contributed by atoms with van der Waals surface area (Å²) in [4.78, 5) is 13.2. The van der Waals surface area contributed by atoms with Crippen molar-refractivity contribution in [2.75, 3.05) is 26.4 Å². The van der Waals surface area contributed by atoms with E-state index in [0.29, 0.717) is 19.3 Å². The molecule has 3 aliphatic rings. The molecule has 3 rings (SSSR count). The molecule has 0 aromatic rings. The topological polar surface area (TPSA) is 307 Å². The maximum atomic E-state index is 13.2. The number of unbranched alkanes of at least 4 members (excludes halogenated alkanes) is 29. The number of hydrogen-bond donors (Lipinski definition) is 12. The van der Waals surface area contributed by atoms with Gasteiger partial charge in [0.15, 0.2) is 18.9 Å². The van der Waals surface area contributed by atoms with Crippen LogP contribution in [0, 0.1) is 0 Å². The highest BCUT2D eigenvalue weighted by atomic mass is 16.8. The predicted octanol–water partition coefficient (Wildman–Crippen LogP) is 7.10. The van der Waals surface area contributed by atoms with Crippen LogP contribution in [0.2, 0.25) is 0 Å². The third-order valence-corrected chi connectivity index (χ3v) is 16.5. The molecule has 17 atom stereocenters. The van der Waals surface area contributed by atoms with Gasteiger partial charge in [0.25, 0.3) is 0 Å². The Morgan fingerprint density at radius 3 is 1.24 bits per heavy atom. The van der Waals surface area contributed by atoms with Crippen LogP contribution in [0.1, 0.15) is 239 Å². The highest BCUT2D eigenvalue weighted by Gasteiger charge is 2.53. The van der Waals surface area contributed by atoms with Crippen molar-refractivity contribution in [2.45, 2.75) is 343 Å². The monoisotopic (exact) mass is 1180 g/mol. The lowest BCUT2D eigenvalue weighted by atomic mass is 9.96. The van der Waals surface area contributed by atoms with Gasteiger partial charge in [-0.2, -0.15) is 0 Å². The summed E-state index contributed by atoms with van der Waals surface area (Å²) in [6.07, 6.45) is 24.0. The Morgan fingerprint density at radius 2 is 0.805 bits per heavy atom. The van der Waals surface area contributed by atoms with Crippen LogP contribution in [-0.4, -0.2) is 193 Å². The van der Waals surface area contributed by atoms with Gasteiger partial charge in [-0.15, -0.1) is 0 Å². The lowest BCUT2D eigenvalue weighted by Crippen LogP contribution is -2.66. The predicted molar refractivity (Wildman–Crippen MR) is 314 cm³/mol. The van der Waals surface area contributed by atoms with E-state index in [1.165, 1.54) is 154 Å². The third-order valence-electron chi connectivity index (χ3n) is 16.5. The van der Waals surface area contributed by atoms with Crippen LogP contribution in [0.25, 0.3) is 0 Å². The smallest absolute Gasteiger partial charge is 0.220 e. The van der Waals surface area contributed by atoms with Crippen molar-refractivity contribution in [1.29, 1.82) is 0 Å². The van der Waals surface area contributed by atoms with Crippen LogP contribution in [0.3, 0.4) is 0 Å². The number of hydrogen-bond acceptors (Lipinski definition) is 18. The quantitative estimate of drug-likeness (QED) is 0.0213. The number of allylic oxidation sites excluding steroid dienone is 4. The lowest BCUT2D eigenvalue weighted by molar-refractivity contribution is -0.379. The Morgan fingerprint density at radius 1 is 0.439 bits per heavy atom. The maximum absolute atomic E-state index is 13.2. The van der Waals surface area contributed by atoms with Gasteiger partial charge in [0.05, 0.1) is 38.6 Å². The van der Waals surface area contributed by atoms with Gasteiger partial charge in [-0.1, -0.05) is 212 Å². The molecular weight excluding hydrogens is 1060 g/mol. The molecule has 3 heterocycles. The number of rotatable bonds is 49. The van der Waals surface area contributed by atoms with Crippen molar-refractivity contribution in [2.24, 2.45) is 0 Å². The third kappa shape index (κ3) is 29.3. The van der Waals surface area contributed by atoms with E-state index in [4.69, 9.17) is 28.4 Å². The molecule has 3 fully saturated rings. The number of nitrogens with one attached hydrogen (secondary N) is 1. The van der Waals surface area contributed by atoms with Crippen molar-refractivity contribution in [3.63, 3.8) is 0 Å². The molecule has 17 unspecified atom stereocenters. The van der Waals surface area contributed by atoms with Crippen molar-refractivity contribution in [1.82, 2.24) is 5.32 Å². The molecule has 82 heavy (non-hydrogen) atoms. The molecule has 19 heteroatoms. The fourth-order valence-corrected chi connectivity index (χ4v) is 11.2. The Bertz CT molecular complexity index is 1590. The highest BCUT2D eigenvalue weighted by molar-refractivity contribution is 5.76. The van der Waals surface area contributed by atoms with Crippen LogP contribution in [0.5, 0.6) is 0 Å². The van der Waals surface area contributed by atoms with Crippen LogP contribution in [0.15, 0.2) is 24.3 Å². The minimum absolute atomic E-state index is 0.249. The minimum Gasteiger partial charge on any atom is -0.394 e. The van der Waals surface area contributed by atoms with Gasteiger partial charge in [0.1, 0.15) is 73.2 Å². The molecule has 12 N–H and O–H groups in total. The number of ether oxygens (including phenoxy) is 6. The first-order valence-electron chi connectivity index (χ1n) is 32.6. The summed E-state index contributed by atoms with van der Waals surface area (Å²) in [5.74, 6) is -0.249. The van der Waals surface area contributed by atoms with Gasteiger partial charge in [-0.25, -0.2) is 0 Å². The second-order valence-electron chi connectivity index (χ2n) is 23.6. The van der Waals surface area contributed by atoms with E-state index in [1.54, 1.807) is 0 Å². The highest BCUT2D eigenvalue weighted by Crippen LogP contribution is 2.33. The molecule has 3 aliphatic heterocycles. The summed E-state index contributed by atoms with van der Waals surface area (Å²) in [7, 11) is 0. The van der Waals surface area contributed by atoms with Crippen molar-refractivity contribution < 1.29 is 89.4 Å².